The number of para-hydroxylation sites is 1. The van der Waals surface area contributed by atoms with Gasteiger partial charge in [0.25, 0.3) is 0 Å². The molecule has 9 aromatic rings. The van der Waals surface area contributed by atoms with E-state index in [0.717, 1.165) is 33.0 Å². The van der Waals surface area contributed by atoms with Crippen LogP contribution in [-0.2, 0) is 10.8 Å². The molecule has 1 heterocycles. The van der Waals surface area contributed by atoms with Gasteiger partial charge in [-0.25, -0.2) is 0 Å². The largest absolute Gasteiger partial charge is 0.455 e. The van der Waals surface area contributed by atoms with Gasteiger partial charge in [0.05, 0.1) is 11.4 Å². The highest BCUT2D eigenvalue weighted by Crippen LogP contribution is 2.58. The second kappa shape index (κ2) is 11.1. The summed E-state index contributed by atoms with van der Waals surface area (Å²) in [5, 5.41) is 4.63. The predicted molar refractivity (Wildman–Crippen MR) is 226 cm³/mol. The maximum absolute atomic E-state index is 6.36. The fraction of sp³-hybridized carbons (Fsp3) is 0.115. The molecule has 2 aliphatic rings. The number of hydrogen-bond acceptors (Lipinski definition) is 2. The van der Waals surface area contributed by atoms with Gasteiger partial charge in [0.2, 0.25) is 0 Å². The molecule has 258 valence electrons. The van der Waals surface area contributed by atoms with E-state index in [1.165, 1.54) is 72.4 Å². The van der Waals surface area contributed by atoms with Gasteiger partial charge in [-0.2, -0.15) is 0 Å². The smallest absolute Gasteiger partial charge is 0.143 e. The molecule has 11 rings (SSSR count). The zero-order valence-electron chi connectivity index (χ0n) is 30.9. The van der Waals surface area contributed by atoms with Crippen molar-refractivity contribution >= 4 is 49.8 Å². The minimum atomic E-state index is -0.102. The number of furan rings is 1. The summed E-state index contributed by atoms with van der Waals surface area (Å²) in [5.41, 5.74) is 18.3. The minimum absolute atomic E-state index is 0.102. The fourth-order valence-electron chi connectivity index (χ4n) is 9.75. The molecule has 0 unspecified atom stereocenters. The van der Waals surface area contributed by atoms with Gasteiger partial charge in [-0.1, -0.05) is 143 Å². The van der Waals surface area contributed by atoms with Crippen molar-refractivity contribution in [1.29, 1.82) is 0 Å². The monoisotopic (exact) mass is 693 g/mol. The van der Waals surface area contributed by atoms with Gasteiger partial charge >= 0.3 is 0 Å². The van der Waals surface area contributed by atoms with Crippen molar-refractivity contribution < 1.29 is 4.42 Å². The van der Waals surface area contributed by atoms with E-state index in [-0.39, 0.29) is 10.8 Å². The zero-order valence-corrected chi connectivity index (χ0v) is 30.9. The Morgan fingerprint density at radius 2 is 0.963 bits per heavy atom. The molecule has 0 amide bonds. The van der Waals surface area contributed by atoms with Crippen LogP contribution in [-0.4, -0.2) is 0 Å². The second-order valence-corrected chi connectivity index (χ2v) is 16.1. The van der Waals surface area contributed by atoms with E-state index in [1.807, 2.05) is 12.1 Å². The molecule has 0 spiro atoms. The predicted octanol–water partition coefficient (Wildman–Crippen LogP) is 14.5. The van der Waals surface area contributed by atoms with Gasteiger partial charge in [-0.15, -0.1) is 0 Å². The average Bonchev–Trinajstić information content (AvgIpc) is 3.79. The molecule has 0 atom stereocenters. The Morgan fingerprint density at radius 3 is 1.61 bits per heavy atom. The first-order chi connectivity index (χ1) is 26.3. The highest BCUT2D eigenvalue weighted by Gasteiger charge is 2.40. The van der Waals surface area contributed by atoms with Crippen molar-refractivity contribution in [2.24, 2.45) is 0 Å². The van der Waals surface area contributed by atoms with E-state index in [0.29, 0.717) is 0 Å². The number of hydrogen-bond donors (Lipinski definition) is 0. The van der Waals surface area contributed by atoms with Crippen LogP contribution >= 0.6 is 0 Å². The summed E-state index contributed by atoms with van der Waals surface area (Å²) in [4.78, 5) is 2.52. The van der Waals surface area contributed by atoms with Crippen molar-refractivity contribution in [2.75, 3.05) is 4.90 Å². The molecular weight excluding hydrogens is 655 g/mol. The third kappa shape index (κ3) is 4.23. The number of fused-ring (bicyclic) bond motifs is 11. The van der Waals surface area contributed by atoms with Crippen LogP contribution in [0.1, 0.15) is 49.9 Å². The first kappa shape index (κ1) is 31.2. The quantitative estimate of drug-likeness (QED) is 0.182. The van der Waals surface area contributed by atoms with Crippen molar-refractivity contribution in [2.45, 2.75) is 38.5 Å². The van der Waals surface area contributed by atoms with E-state index in [2.05, 4.69) is 184 Å². The molecule has 0 aliphatic heterocycles. The van der Waals surface area contributed by atoms with Gasteiger partial charge in [0.1, 0.15) is 11.2 Å². The lowest BCUT2D eigenvalue weighted by molar-refractivity contribution is 0.660. The Labute approximate surface area is 315 Å². The minimum Gasteiger partial charge on any atom is -0.455 e. The normalized spacial score (nSPS) is 14.6. The molecule has 0 fully saturated rings. The van der Waals surface area contributed by atoms with Crippen LogP contribution in [0.4, 0.5) is 17.1 Å². The van der Waals surface area contributed by atoms with Crippen molar-refractivity contribution in [3.05, 3.63) is 186 Å². The van der Waals surface area contributed by atoms with E-state index < -0.39 is 0 Å². The third-order valence-electron chi connectivity index (χ3n) is 12.5. The van der Waals surface area contributed by atoms with E-state index >= 15 is 0 Å². The number of nitrogens with zero attached hydrogens (tertiary/aromatic N) is 1. The Bertz CT molecular complexity index is 2890. The number of anilines is 3. The molecule has 8 aromatic carbocycles. The molecule has 2 heteroatoms. The molecule has 0 saturated heterocycles. The van der Waals surface area contributed by atoms with Crippen molar-refractivity contribution in [3.63, 3.8) is 0 Å². The molecule has 2 nitrogen and oxygen atoms in total. The van der Waals surface area contributed by atoms with Crippen LogP contribution in [0.25, 0.3) is 66.1 Å². The summed E-state index contributed by atoms with van der Waals surface area (Å²) in [6.45, 7) is 9.45. The second-order valence-electron chi connectivity index (χ2n) is 16.1. The maximum atomic E-state index is 6.36. The van der Waals surface area contributed by atoms with Crippen molar-refractivity contribution in [1.82, 2.24) is 0 Å². The third-order valence-corrected chi connectivity index (χ3v) is 12.5. The fourth-order valence-corrected chi connectivity index (χ4v) is 9.75. The zero-order chi connectivity index (χ0) is 36.3. The average molecular weight is 694 g/mol. The molecule has 54 heavy (non-hydrogen) atoms. The van der Waals surface area contributed by atoms with E-state index in [1.54, 1.807) is 0 Å². The van der Waals surface area contributed by atoms with Crippen LogP contribution in [0.2, 0.25) is 0 Å². The molecule has 1 aromatic heterocycles. The summed E-state index contributed by atoms with van der Waals surface area (Å²) >= 11 is 0. The van der Waals surface area contributed by atoms with E-state index in [4.69, 9.17) is 4.42 Å². The Morgan fingerprint density at radius 1 is 0.426 bits per heavy atom. The molecule has 0 bridgehead atoms. The van der Waals surface area contributed by atoms with Gasteiger partial charge in [-0.05, 0) is 98.4 Å². The molecule has 2 aliphatic carbocycles. The first-order valence-electron chi connectivity index (χ1n) is 19.0. The molecule has 0 radical (unpaired) electrons. The SMILES string of the molecule is CC1(C)c2ccccc2-c2c(N(c3ccc(-c4ccc5c(ccc6c7ccccc7oc56)c4)cc3)c3cccc4c3-c3ccccc3C4(C)C)cccc21. The Hall–Kier alpha value is -6.38. The van der Waals surface area contributed by atoms with Gasteiger partial charge in [-0.3, -0.25) is 0 Å². The lowest BCUT2D eigenvalue weighted by Crippen LogP contribution is -2.17. The Kier molecular flexibility index (Phi) is 6.39. The van der Waals surface area contributed by atoms with Gasteiger partial charge in [0, 0.05) is 43.8 Å². The van der Waals surface area contributed by atoms with Gasteiger partial charge < -0.3 is 9.32 Å². The van der Waals surface area contributed by atoms with Crippen molar-refractivity contribution in [3.8, 4) is 33.4 Å². The summed E-state index contributed by atoms with van der Waals surface area (Å²) in [7, 11) is 0. The molecular formula is C52H39NO. The highest BCUT2D eigenvalue weighted by atomic mass is 16.3. The number of benzene rings is 8. The molecule has 0 N–H and O–H groups in total. The Balaban J connectivity index is 1.10. The lowest BCUT2D eigenvalue weighted by atomic mass is 9.82. The van der Waals surface area contributed by atoms with Crippen LogP contribution in [0, 0.1) is 0 Å². The topological polar surface area (TPSA) is 16.4 Å². The highest BCUT2D eigenvalue weighted by molar-refractivity contribution is 6.15. The lowest BCUT2D eigenvalue weighted by Gasteiger charge is -2.31. The van der Waals surface area contributed by atoms with Crippen LogP contribution in [0.5, 0.6) is 0 Å². The van der Waals surface area contributed by atoms with Crippen LogP contribution < -0.4 is 4.90 Å². The molecule has 0 saturated carbocycles. The standard InChI is InChI=1S/C52H39NO/c1-51(2)41-16-8-5-14-39(41)48-43(51)18-11-20-45(48)53(46-21-12-19-44-49(46)40-15-6-9-17-42(40)52(44,3)4)35-27-23-32(24-28-35)33-25-29-36-34(31-33)26-30-38-37-13-7-10-22-47(37)54-50(36)38/h5-31H,1-4H3. The first-order valence-corrected chi connectivity index (χ1v) is 19.0. The van der Waals surface area contributed by atoms with Crippen LogP contribution in [0.15, 0.2) is 168 Å². The van der Waals surface area contributed by atoms with E-state index in [9.17, 15) is 0 Å². The summed E-state index contributed by atoms with van der Waals surface area (Å²) < 4.78 is 6.36. The van der Waals surface area contributed by atoms with Gasteiger partial charge in [0.15, 0.2) is 0 Å². The summed E-state index contributed by atoms with van der Waals surface area (Å²) in [6.07, 6.45) is 0. The summed E-state index contributed by atoms with van der Waals surface area (Å²) in [5.74, 6) is 0. The number of rotatable bonds is 4. The maximum Gasteiger partial charge on any atom is 0.143 e. The van der Waals surface area contributed by atoms with Crippen LogP contribution in [0.3, 0.4) is 0 Å². The summed E-state index contributed by atoms with van der Waals surface area (Å²) in [6, 6.07) is 60.4.